The van der Waals surface area contributed by atoms with Gasteiger partial charge in [0.2, 0.25) is 0 Å². The molecule has 0 spiro atoms. The van der Waals surface area contributed by atoms with Gasteiger partial charge in [-0.15, -0.1) is 0 Å². The van der Waals surface area contributed by atoms with E-state index >= 15 is 0 Å². The minimum absolute atomic E-state index is 0.0930. The number of nitrogens with one attached hydrogen (secondary N) is 2. The van der Waals surface area contributed by atoms with Crippen molar-refractivity contribution in [1.82, 2.24) is 10.3 Å². The van der Waals surface area contributed by atoms with Gasteiger partial charge in [-0.3, -0.25) is 0 Å². The van der Waals surface area contributed by atoms with E-state index in [1.54, 1.807) is 6.20 Å². The lowest BCUT2D eigenvalue weighted by molar-refractivity contribution is 0.364. The zero-order valence-corrected chi connectivity index (χ0v) is 11.5. The molecule has 5 heteroatoms. The zero-order valence-electron chi connectivity index (χ0n) is 9.19. The predicted molar refractivity (Wildman–Crippen MR) is 71.1 cm³/mol. The third-order valence-corrected chi connectivity index (χ3v) is 3.66. The van der Waals surface area contributed by atoms with Crippen LogP contribution in [0.1, 0.15) is 19.8 Å². The van der Waals surface area contributed by atoms with E-state index in [9.17, 15) is 0 Å². The molecule has 2 heterocycles. The lowest BCUT2D eigenvalue weighted by atomic mass is 9.90. The molecule has 16 heavy (non-hydrogen) atoms. The summed E-state index contributed by atoms with van der Waals surface area (Å²) >= 11 is 9.49. The first-order valence-electron chi connectivity index (χ1n) is 5.39. The van der Waals surface area contributed by atoms with Crippen LogP contribution in [0.2, 0.25) is 5.02 Å². The van der Waals surface area contributed by atoms with Gasteiger partial charge in [0, 0.05) is 16.2 Å². The first kappa shape index (κ1) is 12.1. The summed E-state index contributed by atoms with van der Waals surface area (Å²) in [7, 11) is 0. The van der Waals surface area contributed by atoms with Crippen molar-refractivity contribution in [3.8, 4) is 0 Å². The average Bonchev–Trinajstić information content (AvgIpc) is 2.23. The van der Waals surface area contributed by atoms with Gasteiger partial charge in [-0.05, 0) is 54.9 Å². The quantitative estimate of drug-likeness (QED) is 0.882. The number of piperidine rings is 1. The fraction of sp³-hybridized carbons (Fsp3) is 0.545. The first-order chi connectivity index (χ1) is 7.59. The summed E-state index contributed by atoms with van der Waals surface area (Å²) in [6.07, 6.45) is 3.93. The molecule has 0 saturated carbocycles. The highest BCUT2D eigenvalue weighted by Crippen LogP contribution is 2.28. The van der Waals surface area contributed by atoms with Gasteiger partial charge in [0.25, 0.3) is 0 Å². The molecule has 1 saturated heterocycles. The number of pyridine rings is 1. The van der Waals surface area contributed by atoms with Gasteiger partial charge in [0.1, 0.15) is 5.82 Å². The molecular weight excluding hydrogens is 289 g/mol. The van der Waals surface area contributed by atoms with Crippen LogP contribution in [0, 0.1) is 0 Å². The Hall–Kier alpha value is -0.320. The minimum atomic E-state index is 0.0930. The van der Waals surface area contributed by atoms with Crippen molar-refractivity contribution in [2.24, 2.45) is 0 Å². The third kappa shape index (κ3) is 2.87. The van der Waals surface area contributed by atoms with Gasteiger partial charge in [-0.2, -0.15) is 0 Å². The Bertz CT molecular complexity index is 377. The summed E-state index contributed by atoms with van der Waals surface area (Å²) in [5.74, 6) is 0.772. The van der Waals surface area contributed by atoms with Crippen molar-refractivity contribution < 1.29 is 0 Å². The number of aromatic nitrogens is 1. The maximum absolute atomic E-state index is 6.14. The fourth-order valence-electron chi connectivity index (χ4n) is 1.90. The maximum Gasteiger partial charge on any atom is 0.145 e. The van der Waals surface area contributed by atoms with Crippen LogP contribution in [0.4, 0.5) is 5.82 Å². The van der Waals surface area contributed by atoms with E-state index in [2.05, 4.69) is 38.5 Å². The molecule has 1 aromatic rings. The fourth-order valence-corrected chi connectivity index (χ4v) is 2.57. The highest BCUT2D eigenvalue weighted by Gasteiger charge is 2.27. The summed E-state index contributed by atoms with van der Waals surface area (Å²) in [6.45, 7) is 4.29. The molecule has 0 amide bonds. The first-order valence-corrected chi connectivity index (χ1v) is 6.56. The average molecular weight is 305 g/mol. The molecule has 0 bridgehead atoms. The molecule has 0 radical (unpaired) electrons. The monoisotopic (exact) mass is 303 g/mol. The number of nitrogens with zero attached hydrogens (tertiary/aromatic N) is 1. The Labute approximate surface area is 109 Å². The molecule has 1 aromatic heterocycles. The Morgan fingerprint density at radius 2 is 2.19 bits per heavy atom. The molecule has 1 aliphatic rings. The van der Waals surface area contributed by atoms with Crippen LogP contribution in [0.25, 0.3) is 0 Å². The number of rotatable bonds is 2. The smallest absolute Gasteiger partial charge is 0.145 e. The highest BCUT2D eigenvalue weighted by atomic mass is 79.9. The van der Waals surface area contributed by atoms with Crippen molar-refractivity contribution in [3.63, 3.8) is 0 Å². The Kier molecular flexibility index (Phi) is 3.72. The molecule has 0 unspecified atom stereocenters. The second-order valence-corrected chi connectivity index (χ2v) is 5.74. The largest absolute Gasteiger partial charge is 0.364 e. The van der Waals surface area contributed by atoms with Crippen molar-refractivity contribution in [2.45, 2.75) is 25.3 Å². The van der Waals surface area contributed by atoms with Gasteiger partial charge in [0.05, 0.1) is 5.02 Å². The number of anilines is 1. The lowest BCUT2D eigenvalue weighted by Gasteiger charge is -2.35. The van der Waals surface area contributed by atoms with Crippen molar-refractivity contribution in [1.29, 1.82) is 0 Å². The molecule has 0 atom stereocenters. The summed E-state index contributed by atoms with van der Waals surface area (Å²) in [5.41, 5.74) is 0.0930. The second kappa shape index (κ2) is 4.90. The lowest BCUT2D eigenvalue weighted by Crippen LogP contribution is -2.45. The van der Waals surface area contributed by atoms with Gasteiger partial charge < -0.3 is 10.6 Å². The Morgan fingerprint density at radius 1 is 1.50 bits per heavy atom. The van der Waals surface area contributed by atoms with Crippen LogP contribution < -0.4 is 10.6 Å². The zero-order chi connectivity index (χ0) is 11.6. The standard InChI is InChI=1S/C11H15BrClN3/c1-11(2-4-14-5-3-11)16-10-9(13)6-8(12)7-15-10/h6-7,14H,2-5H2,1H3,(H,15,16). The van der Waals surface area contributed by atoms with Gasteiger partial charge in [-0.25, -0.2) is 4.98 Å². The molecule has 2 rings (SSSR count). The maximum atomic E-state index is 6.14. The van der Waals surface area contributed by atoms with E-state index in [4.69, 9.17) is 11.6 Å². The molecule has 1 aliphatic heterocycles. The number of halogens is 2. The highest BCUT2D eigenvalue weighted by molar-refractivity contribution is 9.10. The summed E-state index contributed by atoms with van der Waals surface area (Å²) < 4.78 is 0.901. The molecular formula is C11H15BrClN3. The van der Waals surface area contributed by atoms with Crippen LogP contribution in [0.5, 0.6) is 0 Å². The SMILES string of the molecule is CC1(Nc2ncc(Br)cc2Cl)CCNCC1. The predicted octanol–water partition coefficient (Wildman–Crippen LogP) is 3.05. The minimum Gasteiger partial charge on any atom is -0.364 e. The van der Waals surface area contributed by atoms with Crippen LogP contribution >= 0.6 is 27.5 Å². The number of hydrogen-bond donors (Lipinski definition) is 2. The van der Waals surface area contributed by atoms with Gasteiger partial charge in [0.15, 0.2) is 0 Å². The van der Waals surface area contributed by atoms with Crippen LogP contribution in [0.15, 0.2) is 16.7 Å². The van der Waals surface area contributed by atoms with E-state index in [1.807, 2.05) is 6.07 Å². The molecule has 0 aromatic carbocycles. The molecule has 88 valence electrons. The Morgan fingerprint density at radius 3 is 2.81 bits per heavy atom. The van der Waals surface area contributed by atoms with Crippen molar-refractivity contribution >= 4 is 33.3 Å². The second-order valence-electron chi connectivity index (χ2n) is 4.42. The van der Waals surface area contributed by atoms with E-state index in [1.165, 1.54) is 0 Å². The summed E-state index contributed by atoms with van der Waals surface area (Å²) in [6, 6.07) is 1.86. The summed E-state index contributed by atoms with van der Waals surface area (Å²) in [4.78, 5) is 4.31. The molecule has 3 nitrogen and oxygen atoms in total. The van der Waals surface area contributed by atoms with Crippen LogP contribution in [-0.2, 0) is 0 Å². The molecule has 0 aliphatic carbocycles. The number of hydrogen-bond acceptors (Lipinski definition) is 3. The van der Waals surface area contributed by atoms with E-state index in [0.29, 0.717) is 5.02 Å². The summed E-state index contributed by atoms with van der Waals surface area (Å²) in [5, 5.41) is 7.46. The van der Waals surface area contributed by atoms with Gasteiger partial charge in [-0.1, -0.05) is 11.6 Å². The topological polar surface area (TPSA) is 37.0 Å². The van der Waals surface area contributed by atoms with Crippen LogP contribution in [0.3, 0.4) is 0 Å². The van der Waals surface area contributed by atoms with Crippen LogP contribution in [-0.4, -0.2) is 23.6 Å². The van der Waals surface area contributed by atoms with E-state index in [0.717, 1.165) is 36.2 Å². The van der Waals surface area contributed by atoms with Crippen molar-refractivity contribution in [3.05, 3.63) is 21.8 Å². The molecule has 2 N–H and O–H groups in total. The normalized spacial score (nSPS) is 19.4. The third-order valence-electron chi connectivity index (χ3n) is 2.94. The van der Waals surface area contributed by atoms with E-state index < -0.39 is 0 Å². The van der Waals surface area contributed by atoms with E-state index in [-0.39, 0.29) is 5.54 Å². The van der Waals surface area contributed by atoms with Crippen molar-refractivity contribution in [2.75, 3.05) is 18.4 Å². The Balaban J connectivity index is 2.13. The van der Waals surface area contributed by atoms with Gasteiger partial charge >= 0.3 is 0 Å². The molecule has 1 fully saturated rings.